The van der Waals surface area contributed by atoms with Crippen LogP contribution >= 0.6 is 0 Å². The molecule has 0 bridgehead atoms. The lowest BCUT2D eigenvalue weighted by atomic mass is 9.81. The molecule has 0 spiro atoms. The third kappa shape index (κ3) is 3.50. The first kappa shape index (κ1) is 16.3. The predicted octanol–water partition coefficient (Wildman–Crippen LogP) is 3.57. The highest BCUT2D eigenvalue weighted by Gasteiger charge is 2.43. The van der Waals surface area contributed by atoms with E-state index in [-0.39, 0.29) is 5.92 Å². The maximum absolute atomic E-state index is 13.0. The lowest BCUT2D eigenvalue weighted by Crippen LogP contribution is -2.38. The molecule has 2 N–H and O–H groups in total. The highest BCUT2D eigenvalue weighted by atomic mass is 16.2. The number of carbonyl (C=O) groups is 1. The molecule has 1 aliphatic heterocycles. The molecule has 4 atom stereocenters. The van der Waals surface area contributed by atoms with Crippen LogP contribution in [0, 0.1) is 23.7 Å². The molecule has 0 aromatic rings. The lowest BCUT2D eigenvalue weighted by molar-refractivity contribution is -0.135. The number of fused-ring (bicyclic) bond motifs is 1. The third-order valence-corrected chi connectivity index (χ3v) is 6.55. The fourth-order valence-corrected chi connectivity index (χ4v) is 5.26. The van der Waals surface area contributed by atoms with Crippen LogP contribution in [0.5, 0.6) is 0 Å². The molecule has 3 aliphatic rings. The van der Waals surface area contributed by atoms with E-state index in [0.29, 0.717) is 23.8 Å². The molecule has 0 radical (unpaired) electrons. The summed E-state index contributed by atoms with van der Waals surface area (Å²) < 4.78 is 0. The van der Waals surface area contributed by atoms with Gasteiger partial charge in [0.05, 0.1) is 0 Å². The van der Waals surface area contributed by atoms with Crippen molar-refractivity contribution >= 4 is 5.91 Å². The molecular weight excluding hydrogens is 272 g/mol. The van der Waals surface area contributed by atoms with E-state index in [1.807, 2.05) is 0 Å². The van der Waals surface area contributed by atoms with Crippen LogP contribution < -0.4 is 5.73 Å². The summed E-state index contributed by atoms with van der Waals surface area (Å²) >= 11 is 0. The summed E-state index contributed by atoms with van der Waals surface area (Å²) in [5.74, 6) is 2.81. The summed E-state index contributed by atoms with van der Waals surface area (Å²) in [5, 5.41) is 0. The second kappa shape index (κ2) is 7.33. The van der Waals surface area contributed by atoms with E-state index in [9.17, 15) is 4.79 Å². The van der Waals surface area contributed by atoms with Crippen LogP contribution in [-0.2, 0) is 4.79 Å². The normalized spacial score (nSPS) is 33.9. The minimum absolute atomic E-state index is 0.281. The van der Waals surface area contributed by atoms with Crippen LogP contribution in [0.15, 0.2) is 0 Å². The van der Waals surface area contributed by atoms with Crippen LogP contribution in [0.25, 0.3) is 0 Å². The number of rotatable bonds is 5. The summed E-state index contributed by atoms with van der Waals surface area (Å²) in [7, 11) is 0. The van der Waals surface area contributed by atoms with E-state index in [4.69, 9.17) is 5.73 Å². The van der Waals surface area contributed by atoms with Gasteiger partial charge in [-0.15, -0.1) is 0 Å². The first-order valence-corrected chi connectivity index (χ1v) is 9.73. The molecule has 3 nitrogen and oxygen atoms in total. The fourth-order valence-electron chi connectivity index (χ4n) is 5.26. The molecule has 4 unspecified atom stereocenters. The number of hydrogen-bond donors (Lipinski definition) is 1. The van der Waals surface area contributed by atoms with Crippen molar-refractivity contribution < 1.29 is 4.79 Å². The van der Waals surface area contributed by atoms with Crippen LogP contribution in [0.2, 0.25) is 0 Å². The molecule has 1 saturated heterocycles. The maximum Gasteiger partial charge on any atom is 0.225 e. The standard InChI is InChI=1S/C19H34N2O/c1-2-6-15(11-14-7-4-3-5-8-14)19(22)21-12-16-9-10-18(20)17(16)13-21/h14-18H,2-13,20H2,1H3. The van der Waals surface area contributed by atoms with Crippen molar-refractivity contribution in [2.24, 2.45) is 29.4 Å². The number of nitrogens with two attached hydrogens (primary N) is 1. The molecule has 126 valence electrons. The third-order valence-electron chi connectivity index (χ3n) is 6.55. The van der Waals surface area contributed by atoms with E-state index < -0.39 is 0 Å². The van der Waals surface area contributed by atoms with Gasteiger partial charge in [0.25, 0.3) is 0 Å². The maximum atomic E-state index is 13.0. The Labute approximate surface area is 136 Å². The molecule has 3 fully saturated rings. The molecule has 3 rings (SSSR count). The van der Waals surface area contributed by atoms with Crippen molar-refractivity contribution in [3.63, 3.8) is 0 Å². The van der Waals surface area contributed by atoms with E-state index in [0.717, 1.165) is 44.7 Å². The fraction of sp³-hybridized carbons (Fsp3) is 0.947. The van der Waals surface area contributed by atoms with Crippen molar-refractivity contribution in [3.8, 4) is 0 Å². The van der Waals surface area contributed by atoms with Gasteiger partial charge in [-0.05, 0) is 43.4 Å². The second-order valence-electron chi connectivity index (χ2n) is 8.13. The van der Waals surface area contributed by atoms with E-state index in [2.05, 4.69) is 11.8 Å². The highest BCUT2D eigenvalue weighted by molar-refractivity contribution is 5.79. The molecule has 1 amide bonds. The Morgan fingerprint density at radius 1 is 1.14 bits per heavy atom. The van der Waals surface area contributed by atoms with Crippen LogP contribution in [0.1, 0.15) is 71.1 Å². The topological polar surface area (TPSA) is 46.3 Å². The van der Waals surface area contributed by atoms with Crippen molar-refractivity contribution in [2.45, 2.75) is 77.2 Å². The Kier molecular flexibility index (Phi) is 5.43. The zero-order valence-electron chi connectivity index (χ0n) is 14.3. The van der Waals surface area contributed by atoms with Crippen molar-refractivity contribution in [1.29, 1.82) is 0 Å². The SMILES string of the molecule is CCCC(CC1CCCCC1)C(=O)N1CC2CCC(N)C2C1. The van der Waals surface area contributed by atoms with E-state index in [1.165, 1.54) is 38.5 Å². The molecule has 2 aliphatic carbocycles. The van der Waals surface area contributed by atoms with Gasteiger partial charge in [0.2, 0.25) is 5.91 Å². The smallest absolute Gasteiger partial charge is 0.225 e. The molecule has 22 heavy (non-hydrogen) atoms. The number of likely N-dealkylation sites (tertiary alicyclic amines) is 1. The van der Waals surface area contributed by atoms with Gasteiger partial charge in [-0.3, -0.25) is 4.79 Å². The van der Waals surface area contributed by atoms with Gasteiger partial charge in [-0.1, -0.05) is 45.4 Å². The van der Waals surface area contributed by atoms with Gasteiger partial charge in [-0.2, -0.15) is 0 Å². The summed E-state index contributed by atoms with van der Waals surface area (Å²) in [6.45, 7) is 4.15. The van der Waals surface area contributed by atoms with Crippen molar-refractivity contribution in [1.82, 2.24) is 4.90 Å². The second-order valence-corrected chi connectivity index (χ2v) is 8.13. The summed E-state index contributed by atoms with van der Waals surface area (Å²) in [4.78, 5) is 15.2. The Hall–Kier alpha value is -0.570. The molecule has 3 heteroatoms. The highest BCUT2D eigenvalue weighted by Crippen LogP contribution is 2.39. The molecule has 0 aromatic heterocycles. The zero-order chi connectivity index (χ0) is 15.5. The van der Waals surface area contributed by atoms with Crippen molar-refractivity contribution in [2.75, 3.05) is 13.1 Å². The minimum atomic E-state index is 0.281. The van der Waals surface area contributed by atoms with E-state index >= 15 is 0 Å². The first-order chi connectivity index (χ1) is 10.7. The Morgan fingerprint density at radius 2 is 1.91 bits per heavy atom. The number of hydrogen-bond acceptors (Lipinski definition) is 2. The monoisotopic (exact) mass is 306 g/mol. The van der Waals surface area contributed by atoms with Gasteiger partial charge in [-0.25, -0.2) is 0 Å². The average Bonchev–Trinajstić information content (AvgIpc) is 3.10. The predicted molar refractivity (Wildman–Crippen MR) is 90.4 cm³/mol. The quantitative estimate of drug-likeness (QED) is 0.844. The molecular formula is C19H34N2O. The zero-order valence-corrected chi connectivity index (χ0v) is 14.3. The Bertz CT molecular complexity index is 378. The summed E-state index contributed by atoms with van der Waals surface area (Å²) in [6.07, 6.45) is 12.6. The summed E-state index contributed by atoms with van der Waals surface area (Å²) in [5.41, 5.74) is 6.23. The first-order valence-electron chi connectivity index (χ1n) is 9.73. The van der Waals surface area contributed by atoms with Crippen LogP contribution in [-0.4, -0.2) is 29.9 Å². The van der Waals surface area contributed by atoms with Gasteiger partial charge < -0.3 is 10.6 Å². The van der Waals surface area contributed by atoms with Gasteiger partial charge >= 0.3 is 0 Å². The number of amides is 1. The Morgan fingerprint density at radius 3 is 2.59 bits per heavy atom. The summed E-state index contributed by atoms with van der Waals surface area (Å²) in [6, 6.07) is 0.339. The average molecular weight is 306 g/mol. The van der Waals surface area contributed by atoms with Crippen LogP contribution in [0.3, 0.4) is 0 Å². The number of carbonyl (C=O) groups excluding carboxylic acids is 1. The van der Waals surface area contributed by atoms with Crippen LogP contribution in [0.4, 0.5) is 0 Å². The lowest BCUT2D eigenvalue weighted by Gasteiger charge is -2.29. The molecule has 1 heterocycles. The molecule has 2 saturated carbocycles. The Balaban J connectivity index is 1.57. The van der Waals surface area contributed by atoms with Gasteiger partial charge in [0.1, 0.15) is 0 Å². The van der Waals surface area contributed by atoms with Crippen molar-refractivity contribution in [3.05, 3.63) is 0 Å². The van der Waals surface area contributed by atoms with Gasteiger partial charge in [0, 0.05) is 25.0 Å². The van der Waals surface area contributed by atoms with E-state index in [1.54, 1.807) is 0 Å². The largest absolute Gasteiger partial charge is 0.342 e. The minimum Gasteiger partial charge on any atom is -0.342 e. The van der Waals surface area contributed by atoms with Gasteiger partial charge in [0.15, 0.2) is 0 Å². The number of nitrogens with zero attached hydrogens (tertiary/aromatic N) is 1. The molecule has 0 aromatic carbocycles.